The third kappa shape index (κ3) is 6.27. The average molecular weight is 380 g/mol. The van der Waals surface area contributed by atoms with Crippen LogP contribution in [0.2, 0.25) is 0 Å². The van der Waals surface area contributed by atoms with Crippen molar-refractivity contribution in [3.63, 3.8) is 0 Å². The number of nitrogens with one attached hydrogen (secondary N) is 1. The number of aliphatic imine (C=N–C) groups is 1. The van der Waals surface area contributed by atoms with Crippen LogP contribution in [0.3, 0.4) is 0 Å². The lowest BCUT2D eigenvalue weighted by molar-refractivity contribution is 0.253. The molecule has 0 aromatic heterocycles. The largest absolute Gasteiger partial charge is 0.370 e. The lowest BCUT2D eigenvalue weighted by Gasteiger charge is -2.36. The molecule has 3 N–H and O–H groups in total. The van der Waals surface area contributed by atoms with E-state index in [9.17, 15) is 0 Å². The van der Waals surface area contributed by atoms with Gasteiger partial charge >= 0.3 is 0 Å². The van der Waals surface area contributed by atoms with E-state index < -0.39 is 0 Å². The van der Waals surface area contributed by atoms with Crippen molar-refractivity contribution < 1.29 is 0 Å². The zero-order valence-corrected chi connectivity index (χ0v) is 17.2. The Labute approximate surface area is 169 Å². The second-order valence-electron chi connectivity index (χ2n) is 7.64. The van der Waals surface area contributed by atoms with Gasteiger partial charge in [0.25, 0.3) is 0 Å². The number of hydrogen-bond donors (Lipinski definition) is 2. The predicted octanol–water partition coefficient (Wildman–Crippen LogP) is 3.63. The lowest BCUT2D eigenvalue weighted by atomic mass is 10.1. The normalized spacial score (nSPS) is 15.6. The molecule has 1 saturated heterocycles. The number of guanidine groups is 1. The van der Waals surface area contributed by atoms with Gasteiger partial charge in [0, 0.05) is 44.1 Å². The molecule has 1 heterocycles. The molecule has 0 saturated carbocycles. The molecular weight excluding hydrogens is 346 g/mol. The van der Waals surface area contributed by atoms with Gasteiger partial charge in [-0.15, -0.1) is 0 Å². The highest BCUT2D eigenvalue weighted by Crippen LogP contribution is 2.16. The molecule has 1 fully saturated rings. The van der Waals surface area contributed by atoms with Gasteiger partial charge in [0.05, 0.1) is 0 Å². The van der Waals surface area contributed by atoms with Crippen LogP contribution in [-0.2, 0) is 0 Å². The number of nitrogens with zero attached hydrogens (tertiary/aromatic N) is 3. The first-order chi connectivity index (χ1) is 13.6. The standard InChI is InChI=1S/C23H33N5/c1-19-16-20(2)18-21(17-19)26-23(24)25-10-6-7-11-27-12-14-28(15-13-27)22-8-4-3-5-9-22/h3-5,8-9,16-18H,6-7,10-15H2,1-2H3,(H3,24,25,26). The van der Waals surface area contributed by atoms with E-state index in [0.29, 0.717) is 5.96 Å². The van der Waals surface area contributed by atoms with Gasteiger partial charge in [-0.2, -0.15) is 0 Å². The average Bonchev–Trinajstić information content (AvgIpc) is 2.68. The molecular formula is C23H33N5. The third-order valence-electron chi connectivity index (χ3n) is 5.15. The third-order valence-corrected chi connectivity index (χ3v) is 5.15. The number of hydrogen-bond acceptors (Lipinski definition) is 3. The van der Waals surface area contributed by atoms with Crippen molar-refractivity contribution in [2.75, 3.05) is 49.5 Å². The van der Waals surface area contributed by atoms with E-state index in [2.05, 4.69) is 82.5 Å². The minimum Gasteiger partial charge on any atom is -0.370 e. The maximum atomic E-state index is 6.02. The number of nitrogens with two attached hydrogens (primary N) is 1. The van der Waals surface area contributed by atoms with Gasteiger partial charge in [0.15, 0.2) is 5.96 Å². The Bertz CT molecular complexity index is 744. The summed E-state index contributed by atoms with van der Waals surface area (Å²) in [5.41, 5.74) is 10.8. The Morgan fingerprint density at radius 3 is 2.32 bits per heavy atom. The zero-order chi connectivity index (χ0) is 19.8. The number of aryl methyl sites for hydroxylation is 2. The molecule has 2 aromatic carbocycles. The Morgan fingerprint density at radius 2 is 1.64 bits per heavy atom. The van der Waals surface area contributed by atoms with Gasteiger partial charge in [0.1, 0.15) is 0 Å². The summed E-state index contributed by atoms with van der Waals surface area (Å²) in [6.45, 7) is 10.6. The van der Waals surface area contributed by atoms with E-state index in [1.165, 1.54) is 16.8 Å². The highest BCUT2D eigenvalue weighted by Gasteiger charge is 2.16. The van der Waals surface area contributed by atoms with Crippen molar-refractivity contribution in [3.05, 3.63) is 59.7 Å². The Morgan fingerprint density at radius 1 is 0.964 bits per heavy atom. The smallest absolute Gasteiger partial charge is 0.193 e. The summed E-state index contributed by atoms with van der Waals surface area (Å²) in [4.78, 5) is 9.50. The maximum absolute atomic E-state index is 6.02. The molecule has 1 aliphatic heterocycles. The van der Waals surface area contributed by atoms with E-state index in [4.69, 9.17) is 5.73 Å². The van der Waals surface area contributed by atoms with Crippen LogP contribution >= 0.6 is 0 Å². The molecule has 0 spiro atoms. The van der Waals surface area contributed by atoms with Gasteiger partial charge in [-0.05, 0) is 68.6 Å². The molecule has 3 rings (SSSR count). The summed E-state index contributed by atoms with van der Waals surface area (Å²) in [6, 6.07) is 17.0. The molecule has 0 unspecified atom stereocenters. The summed E-state index contributed by atoms with van der Waals surface area (Å²) in [6.07, 6.45) is 2.22. The highest BCUT2D eigenvalue weighted by molar-refractivity contribution is 5.92. The van der Waals surface area contributed by atoms with E-state index >= 15 is 0 Å². The van der Waals surface area contributed by atoms with Crippen molar-refractivity contribution in [1.82, 2.24) is 4.90 Å². The monoisotopic (exact) mass is 379 g/mol. The Hall–Kier alpha value is -2.53. The fourth-order valence-corrected chi connectivity index (χ4v) is 3.75. The molecule has 150 valence electrons. The minimum absolute atomic E-state index is 0.501. The fraction of sp³-hybridized carbons (Fsp3) is 0.435. The van der Waals surface area contributed by atoms with E-state index in [0.717, 1.165) is 57.8 Å². The maximum Gasteiger partial charge on any atom is 0.193 e. The molecule has 2 aromatic rings. The Kier molecular flexibility index (Phi) is 7.31. The summed E-state index contributed by atoms with van der Waals surface area (Å²) in [7, 11) is 0. The number of rotatable bonds is 7. The Balaban J connectivity index is 1.32. The first-order valence-electron chi connectivity index (χ1n) is 10.3. The lowest BCUT2D eigenvalue weighted by Crippen LogP contribution is -2.46. The van der Waals surface area contributed by atoms with Crippen LogP contribution in [0.15, 0.2) is 53.5 Å². The van der Waals surface area contributed by atoms with Crippen molar-refractivity contribution in [2.45, 2.75) is 26.7 Å². The van der Waals surface area contributed by atoms with Gasteiger partial charge in [-0.3, -0.25) is 9.89 Å². The van der Waals surface area contributed by atoms with Crippen LogP contribution in [0.4, 0.5) is 11.4 Å². The summed E-state index contributed by atoms with van der Waals surface area (Å²) in [5, 5.41) is 3.20. The van der Waals surface area contributed by atoms with Crippen LogP contribution in [0, 0.1) is 13.8 Å². The van der Waals surface area contributed by atoms with Gasteiger partial charge in [0.2, 0.25) is 0 Å². The van der Waals surface area contributed by atoms with Crippen molar-refractivity contribution in [2.24, 2.45) is 10.7 Å². The van der Waals surface area contributed by atoms with Crippen LogP contribution in [0.5, 0.6) is 0 Å². The first kappa shape index (κ1) is 20.2. The van der Waals surface area contributed by atoms with E-state index in [1.54, 1.807) is 0 Å². The van der Waals surface area contributed by atoms with Crippen LogP contribution in [0.1, 0.15) is 24.0 Å². The minimum atomic E-state index is 0.501. The van der Waals surface area contributed by atoms with Crippen LogP contribution in [-0.4, -0.2) is 50.1 Å². The highest BCUT2D eigenvalue weighted by atomic mass is 15.3. The van der Waals surface area contributed by atoms with Gasteiger partial charge < -0.3 is 16.0 Å². The molecule has 5 heteroatoms. The number of anilines is 2. The molecule has 0 atom stereocenters. The predicted molar refractivity (Wildman–Crippen MR) is 120 cm³/mol. The topological polar surface area (TPSA) is 56.9 Å². The molecule has 1 aliphatic rings. The molecule has 0 aliphatic carbocycles. The molecule has 0 bridgehead atoms. The fourth-order valence-electron chi connectivity index (χ4n) is 3.75. The van der Waals surface area contributed by atoms with E-state index in [1.807, 2.05) is 0 Å². The van der Waals surface area contributed by atoms with Crippen molar-refractivity contribution >= 4 is 17.3 Å². The number of unbranched alkanes of at least 4 members (excludes halogenated alkanes) is 1. The summed E-state index contributed by atoms with van der Waals surface area (Å²) < 4.78 is 0. The van der Waals surface area contributed by atoms with Crippen LogP contribution < -0.4 is 16.0 Å². The summed E-state index contributed by atoms with van der Waals surface area (Å²) >= 11 is 0. The summed E-state index contributed by atoms with van der Waals surface area (Å²) in [5.74, 6) is 0.501. The number of para-hydroxylation sites is 1. The molecule has 0 amide bonds. The molecule has 28 heavy (non-hydrogen) atoms. The zero-order valence-electron chi connectivity index (χ0n) is 17.2. The van der Waals surface area contributed by atoms with Crippen LogP contribution in [0.25, 0.3) is 0 Å². The van der Waals surface area contributed by atoms with Crippen molar-refractivity contribution in [3.8, 4) is 0 Å². The molecule has 0 radical (unpaired) electrons. The van der Waals surface area contributed by atoms with Gasteiger partial charge in [-0.25, -0.2) is 0 Å². The number of piperazine rings is 1. The SMILES string of the molecule is Cc1cc(C)cc(NC(N)=NCCCCN2CCN(c3ccccc3)CC2)c1. The van der Waals surface area contributed by atoms with E-state index in [-0.39, 0.29) is 0 Å². The second kappa shape index (κ2) is 10.1. The molecule has 5 nitrogen and oxygen atoms in total. The van der Waals surface area contributed by atoms with Gasteiger partial charge in [-0.1, -0.05) is 24.3 Å². The quantitative estimate of drug-likeness (QED) is 0.438. The number of benzene rings is 2. The second-order valence-corrected chi connectivity index (χ2v) is 7.64. The first-order valence-corrected chi connectivity index (χ1v) is 10.3. The van der Waals surface area contributed by atoms with Crippen molar-refractivity contribution in [1.29, 1.82) is 0 Å².